The number of rotatable bonds is 3. The maximum atomic E-state index is 12.9. The van der Waals surface area contributed by atoms with Crippen LogP contribution in [0.25, 0.3) is 27.8 Å². The number of piperazine rings is 1. The summed E-state index contributed by atoms with van der Waals surface area (Å²) in [7, 11) is 0. The lowest BCUT2D eigenvalue weighted by Gasteiger charge is -2.38. The quantitative estimate of drug-likeness (QED) is 0.569. The molecule has 3 aliphatic heterocycles. The second-order valence-corrected chi connectivity index (χ2v) is 8.40. The summed E-state index contributed by atoms with van der Waals surface area (Å²) in [6.07, 6.45) is 1.79. The summed E-state index contributed by atoms with van der Waals surface area (Å²) in [6.45, 7) is 10.9. The lowest BCUT2D eigenvalue weighted by molar-refractivity contribution is 0.209. The van der Waals surface area contributed by atoms with E-state index in [1.165, 1.54) is 15.9 Å². The zero-order chi connectivity index (χ0) is 20.8. The first kappa shape index (κ1) is 18.9. The number of benzene rings is 2. The number of H-pyrrole nitrogens is 1. The van der Waals surface area contributed by atoms with Gasteiger partial charge in [-0.3, -0.25) is 9.69 Å². The smallest absolute Gasteiger partial charge is 0.282 e. The van der Waals surface area contributed by atoms with Crippen molar-refractivity contribution < 1.29 is 0 Å². The molecule has 0 bridgehead atoms. The van der Waals surface area contributed by atoms with E-state index in [1.807, 2.05) is 30.3 Å². The number of fused-ring (bicyclic) bond motifs is 3. The number of hydrogen-bond donors (Lipinski definition) is 1. The predicted octanol–water partition coefficient (Wildman–Crippen LogP) is 3.66. The molecule has 6 heteroatoms. The third-order valence-electron chi connectivity index (χ3n) is 6.23. The molecule has 2 aromatic rings. The van der Waals surface area contributed by atoms with Crippen LogP contribution in [0.3, 0.4) is 0 Å². The van der Waals surface area contributed by atoms with Gasteiger partial charge in [-0.1, -0.05) is 18.2 Å². The van der Waals surface area contributed by atoms with Crippen LogP contribution >= 0.6 is 0 Å². The van der Waals surface area contributed by atoms with Gasteiger partial charge in [0.2, 0.25) is 0 Å². The Balaban J connectivity index is 1.57. The molecule has 6 nitrogen and oxygen atoms in total. The normalized spacial score (nSPS) is 15.5. The minimum absolute atomic E-state index is 0.0964. The summed E-state index contributed by atoms with van der Waals surface area (Å²) >= 11 is 0. The van der Waals surface area contributed by atoms with E-state index in [2.05, 4.69) is 52.8 Å². The van der Waals surface area contributed by atoms with Crippen LogP contribution in [0.4, 0.5) is 5.69 Å². The van der Waals surface area contributed by atoms with E-state index in [0.29, 0.717) is 11.6 Å². The Bertz CT molecular complexity index is 1220. The molecule has 1 N–H and O–H groups in total. The highest BCUT2D eigenvalue weighted by atomic mass is 16.1. The van der Waals surface area contributed by atoms with Gasteiger partial charge in [0.25, 0.3) is 5.56 Å². The zero-order valence-electron chi connectivity index (χ0n) is 17.7. The topological polar surface area (TPSA) is 57.2 Å². The van der Waals surface area contributed by atoms with Crippen molar-refractivity contribution in [3.8, 4) is 16.9 Å². The molecule has 0 saturated carbocycles. The molecular weight excluding hydrogens is 374 g/mol. The lowest BCUT2D eigenvalue weighted by Crippen LogP contribution is -2.49. The highest BCUT2D eigenvalue weighted by molar-refractivity contribution is 5.96. The summed E-state index contributed by atoms with van der Waals surface area (Å²) in [5, 5.41) is 5.67. The monoisotopic (exact) mass is 401 g/mol. The minimum Gasteiger partial charge on any atom is -0.369 e. The summed E-state index contributed by atoms with van der Waals surface area (Å²) in [6, 6.07) is 14.5. The number of hydrogen-bond acceptors (Lipinski definition) is 4. The van der Waals surface area contributed by atoms with E-state index in [4.69, 9.17) is 0 Å². The second-order valence-electron chi connectivity index (χ2n) is 8.40. The molecule has 1 fully saturated rings. The fourth-order valence-corrected chi connectivity index (χ4v) is 4.47. The van der Waals surface area contributed by atoms with Crippen LogP contribution in [0.2, 0.25) is 0 Å². The summed E-state index contributed by atoms with van der Waals surface area (Å²) in [5.74, 6) is 0. The van der Waals surface area contributed by atoms with Gasteiger partial charge < -0.3 is 9.88 Å². The molecule has 0 amide bonds. The average Bonchev–Trinajstić information content (AvgIpc) is 3.11. The lowest BCUT2D eigenvalue weighted by atomic mass is 10.0. The van der Waals surface area contributed by atoms with E-state index in [1.54, 1.807) is 6.20 Å². The number of aromatic nitrogens is 3. The molecule has 2 aromatic carbocycles. The third kappa shape index (κ3) is 3.08. The van der Waals surface area contributed by atoms with Crippen LogP contribution in [0.5, 0.6) is 0 Å². The van der Waals surface area contributed by atoms with E-state index < -0.39 is 0 Å². The van der Waals surface area contributed by atoms with Gasteiger partial charge in [0.1, 0.15) is 5.69 Å². The first-order valence-corrected chi connectivity index (χ1v) is 10.6. The van der Waals surface area contributed by atoms with Crippen molar-refractivity contribution in [1.29, 1.82) is 0 Å². The minimum atomic E-state index is -0.0964. The van der Waals surface area contributed by atoms with E-state index in [0.717, 1.165) is 48.5 Å². The maximum Gasteiger partial charge on any atom is 0.282 e. The number of para-hydroxylation sites is 1. The predicted molar refractivity (Wildman–Crippen MR) is 122 cm³/mol. The van der Waals surface area contributed by atoms with E-state index in [9.17, 15) is 4.79 Å². The molecule has 0 spiro atoms. The molecule has 0 aromatic heterocycles. The summed E-state index contributed by atoms with van der Waals surface area (Å²) in [5.41, 5.74) is 5.52. The Kier molecular flexibility index (Phi) is 4.59. The van der Waals surface area contributed by atoms with Gasteiger partial charge in [-0.15, -0.1) is 0 Å². The van der Waals surface area contributed by atoms with Crippen LogP contribution in [0, 0.1) is 6.92 Å². The molecule has 154 valence electrons. The fourth-order valence-electron chi connectivity index (χ4n) is 4.47. The largest absolute Gasteiger partial charge is 0.369 e. The highest BCUT2D eigenvalue weighted by Crippen LogP contribution is 2.32. The molecule has 3 heterocycles. The second kappa shape index (κ2) is 7.29. The Morgan fingerprint density at radius 3 is 2.47 bits per heavy atom. The standard InChI is InChI=1S/C24H27N5O/c1-16(2)27-9-11-28(12-10-27)22-14-21-19(13-17(22)3)23-20(15-25-21)24(30)29(26-23)18-7-5-4-6-8-18/h4-8,13-16,25H,9-12H2,1-3H3. The van der Waals surface area contributed by atoms with Crippen molar-refractivity contribution in [2.24, 2.45) is 0 Å². The van der Waals surface area contributed by atoms with Crippen molar-refractivity contribution in [2.45, 2.75) is 26.8 Å². The van der Waals surface area contributed by atoms with Gasteiger partial charge in [-0.2, -0.15) is 9.78 Å². The van der Waals surface area contributed by atoms with Gasteiger partial charge in [0.15, 0.2) is 0 Å². The zero-order valence-corrected chi connectivity index (χ0v) is 17.7. The Hall–Kier alpha value is -3.12. The van der Waals surface area contributed by atoms with Crippen molar-refractivity contribution in [1.82, 2.24) is 19.7 Å². The van der Waals surface area contributed by atoms with Crippen LogP contribution in [-0.4, -0.2) is 51.9 Å². The van der Waals surface area contributed by atoms with Crippen LogP contribution in [-0.2, 0) is 0 Å². The van der Waals surface area contributed by atoms with Crippen molar-refractivity contribution in [3.63, 3.8) is 0 Å². The summed E-state index contributed by atoms with van der Waals surface area (Å²) < 4.78 is 1.49. The molecule has 0 atom stereocenters. The Morgan fingerprint density at radius 1 is 1.03 bits per heavy atom. The number of aryl methyl sites for hydroxylation is 1. The van der Waals surface area contributed by atoms with E-state index in [-0.39, 0.29) is 5.56 Å². The van der Waals surface area contributed by atoms with Crippen molar-refractivity contribution in [3.05, 3.63) is 64.6 Å². The third-order valence-corrected chi connectivity index (χ3v) is 6.23. The first-order valence-electron chi connectivity index (χ1n) is 10.6. The molecule has 5 rings (SSSR count). The number of anilines is 1. The number of nitrogens with one attached hydrogen (secondary N) is 1. The number of nitrogens with zero attached hydrogens (tertiary/aromatic N) is 4. The van der Waals surface area contributed by atoms with Gasteiger partial charge in [-0.25, -0.2) is 0 Å². The SMILES string of the molecule is Cc1cc2c3nn(-c4ccccc4)c(=O)c-3c[nH]c2cc1N1CCN(C(C)C)CC1. The average molecular weight is 402 g/mol. The first-order chi connectivity index (χ1) is 14.5. The highest BCUT2D eigenvalue weighted by Gasteiger charge is 2.23. The van der Waals surface area contributed by atoms with Gasteiger partial charge in [0.05, 0.1) is 11.3 Å². The van der Waals surface area contributed by atoms with Crippen molar-refractivity contribution >= 4 is 16.6 Å². The van der Waals surface area contributed by atoms with E-state index >= 15 is 0 Å². The molecule has 3 aliphatic rings. The van der Waals surface area contributed by atoms with Crippen LogP contribution in [0.15, 0.2) is 53.5 Å². The number of aromatic amines is 1. The van der Waals surface area contributed by atoms with Crippen LogP contribution < -0.4 is 10.5 Å². The van der Waals surface area contributed by atoms with Crippen LogP contribution in [0.1, 0.15) is 19.4 Å². The summed E-state index contributed by atoms with van der Waals surface area (Å²) in [4.78, 5) is 21.3. The molecular formula is C24H27N5O. The van der Waals surface area contributed by atoms with Gasteiger partial charge >= 0.3 is 0 Å². The molecule has 0 unspecified atom stereocenters. The fraction of sp³-hybridized carbons (Fsp3) is 0.333. The van der Waals surface area contributed by atoms with Crippen molar-refractivity contribution in [2.75, 3.05) is 31.1 Å². The molecule has 1 saturated heterocycles. The van der Waals surface area contributed by atoms with Gasteiger partial charge in [-0.05, 0) is 50.6 Å². The molecule has 0 aliphatic carbocycles. The Morgan fingerprint density at radius 2 is 1.77 bits per heavy atom. The molecule has 30 heavy (non-hydrogen) atoms. The Labute approximate surface area is 176 Å². The maximum absolute atomic E-state index is 12.9. The van der Waals surface area contributed by atoms with Gasteiger partial charge in [0, 0.05) is 55.0 Å². The molecule has 0 radical (unpaired) electrons. The number of pyridine rings is 1.